The standard InChI is InChI=1S/C22H20Cl2N2O3/c1-28-20-10-8-15-5-2-3-6-17(15)18(20)14-25-26-22(27)7-4-12-29-21-11-9-16(23)13-19(21)24/h2-3,5-6,8-11,13-14H,4,7,12H2,1H3,(H,26,27). The molecule has 0 saturated carbocycles. The Bertz CT molecular complexity index is 1040. The number of amides is 1. The van der Waals surface area contributed by atoms with Crippen LogP contribution in [0.4, 0.5) is 0 Å². The highest BCUT2D eigenvalue weighted by Gasteiger charge is 2.07. The molecule has 0 atom stereocenters. The Hall–Kier alpha value is -2.76. The van der Waals surface area contributed by atoms with Crippen molar-refractivity contribution in [2.45, 2.75) is 12.8 Å². The highest BCUT2D eigenvalue weighted by molar-refractivity contribution is 6.35. The largest absolute Gasteiger partial charge is 0.496 e. The van der Waals surface area contributed by atoms with Crippen molar-refractivity contribution in [1.82, 2.24) is 5.43 Å². The van der Waals surface area contributed by atoms with Crippen molar-refractivity contribution in [3.8, 4) is 11.5 Å². The zero-order valence-corrected chi connectivity index (χ0v) is 17.3. The molecule has 0 saturated heterocycles. The summed E-state index contributed by atoms with van der Waals surface area (Å²) in [4.78, 5) is 12.0. The Morgan fingerprint density at radius 3 is 2.69 bits per heavy atom. The first-order valence-electron chi connectivity index (χ1n) is 9.04. The van der Waals surface area contributed by atoms with E-state index in [1.807, 2.05) is 36.4 Å². The van der Waals surface area contributed by atoms with Crippen LogP contribution in [0.2, 0.25) is 10.0 Å². The van der Waals surface area contributed by atoms with Crippen LogP contribution in [0.25, 0.3) is 10.8 Å². The zero-order chi connectivity index (χ0) is 20.6. The van der Waals surface area contributed by atoms with E-state index in [4.69, 9.17) is 32.7 Å². The molecule has 0 spiro atoms. The minimum atomic E-state index is -0.203. The third-order valence-electron chi connectivity index (χ3n) is 4.23. The van der Waals surface area contributed by atoms with Crippen molar-refractivity contribution in [1.29, 1.82) is 0 Å². The maximum absolute atomic E-state index is 12.0. The normalized spacial score (nSPS) is 11.0. The number of hydrogen-bond acceptors (Lipinski definition) is 4. The summed E-state index contributed by atoms with van der Waals surface area (Å²) in [6.45, 7) is 0.357. The summed E-state index contributed by atoms with van der Waals surface area (Å²) in [6.07, 6.45) is 2.40. The molecule has 3 aromatic rings. The predicted octanol–water partition coefficient (Wildman–Crippen LogP) is 5.46. The van der Waals surface area contributed by atoms with Crippen LogP contribution in [0.3, 0.4) is 0 Å². The minimum Gasteiger partial charge on any atom is -0.496 e. The number of methoxy groups -OCH3 is 1. The van der Waals surface area contributed by atoms with E-state index in [0.29, 0.717) is 34.6 Å². The van der Waals surface area contributed by atoms with Crippen LogP contribution >= 0.6 is 23.2 Å². The van der Waals surface area contributed by atoms with Crippen molar-refractivity contribution in [3.63, 3.8) is 0 Å². The van der Waals surface area contributed by atoms with Gasteiger partial charge < -0.3 is 9.47 Å². The van der Waals surface area contributed by atoms with E-state index in [-0.39, 0.29) is 12.3 Å². The third-order valence-corrected chi connectivity index (χ3v) is 4.76. The summed E-state index contributed by atoms with van der Waals surface area (Å²) < 4.78 is 11.0. The van der Waals surface area contributed by atoms with Gasteiger partial charge in [-0.15, -0.1) is 0 Å². The van der Waals surface area contributed by atoms with E-state index >= 15 is 0 Å². The second-order valence-electron chi connectivity index (χ2n) is 6.22. The number of carbonyl (C=O) groups excluding carboxylic acids is 1. The van der Waals surface area contributed by atoms with Gasteiger partial charge in [-0.05, 0) is 41.5 Å². The van der Waals surface area contributed by atoms with E-state index in [1.165, 1.54) is 0 Å². The lowest BCUT2D eigenvalue weighted by Gasteiger charge is -2.09. The fourth-order valence-corrected chi connectivity index (χ4v) is 3.28. The fraction of sp³-hybridized carbons (Fsp3) is 0.182. The van der Waals surface area contributed by atoms with Crippen LogP contribution in [0.5, 0.6) is 11.5 Å². The first-order valence-corrected chi connectivity index (χ1v) is 9.79. The van der Waals surface area contributed by atoms with Crippen molar-refractivity contribution in [3.05, 3.63) is 70.2 Å². The molecule has 150 valence electrons. The molecule has 0 aliphatic carbocycles. The quantitative estimate of drug-likeness (QED) is 0.293. The van der Waals surface area contributed by atoms with Crippen molar-refractivity contribution < 1.29 is 14.3 Å². The Morgan fingerprint density at radius 1 is 1.10 bits per heavy atom. The van der Waals surface area contributed by atoms with Crippen LogP contribution in [0, 0.1) is 0 Å². The van der Waals surface area contributed by atoms with Crippen LogP contribution < -0.4 is 14.9 Å². The molecule has 29 heavy (non-hydrogen) atoms. The summed E-state index contributed by atoms with van der Waals surface area (Å²) in [6, 6.07) is 16.8. The van der Waals surface area contributed by atoms with Gasteiger partial charge in [0.15, 0.2) is 0 Å². The molecule has 0 aromatic heterocycles. The van der Waals surface area contributed by atoms with Crippen LogP contribution in [0.1, 0.15) is 18.4 Å². The Morgan fingerprint density at radius 2 is 1.90 bits per heavy atom. The van der Waals surface area contributed by atoms with E-state index in [9.17, 15) is 4.79 Å². The highest BCUT2D eigenvalue weighted by Crippen LogP contribution is 2.28. The predicted molar refractivity (Wildman–Crippen MR) is 117 cm³/mol. The van der Waals surface area contributed by atoms with E-state index in [0.717, 1.165) is 16.3 Å². The molecule has 0 bridgehead atoms. The maximum Gasteiger partial charge on any atom is 0.240 e. The van der Waals surface area contributed by atoms with Gasteiger partial charge in [0.2, 0.25) is 5.91 Å². The van der Waals surface area contributed by atoms with Crippen molar-refractivity contribution >= 4 is 46.1 Å². The molecule has 1 N–H and O–H groups in total. The first-order chi connectivity index (χ1) is 14.1. The lowest BCUT2D eigenvalue weighted by atomic mass is 10.0. The number of carbonyl (C=O) groups is 1. The number of halogens is 2. The first kappa shape index (κ1) is 21.0. The second-order valence-corrected chi connectivity index (χ2v) is 7.07. The van der Waals surface area contributed by atoms with Crippen LogP contribution in [0.15, 0.2) is 59.7 Å². The van der Waals surface area contributed by atoms with Gasteiger partial charge in [0.1, 0.15) is 11.5 Å². The Labute approximate surface area is 179 Å². The molecular formula is C22H20Cl2N2O3. The summed E-state index contributed by atoms with van der Waals surface area (Å²) in [5, 5.41) is 7.13. The number of nitrogens with zero attached hydrogens (tertiary/aromatic N) is 1. The second kappa shape index (κ2) is 10.1. The topological polar surface area (TPSA) is 59.9 Å². The van der Waals surface area contributed by atoms with Gasteiger partial charge in [0.25, 0.3) is 0 Å². The van der Waals surface area contributed by atoms with Crippen LogP contribution in [-0.2, 0) is 4.79 Å². The van der Waals surface area contributed by atoms with Gasteiger partial charge in [-0.25, -0.2) is 5.43 Å². The lowest BCUT2D eigenvalue weighted by molar-refractivity contribution is -0.121. The molecule has 0 fully saturated rings. The number of benzene rings is 3. The molecular weight excluding hydrogens is 411 g/mol. The number of rotatable bonds is 8. The van der Waals surface area contributed by atoms with Crippen molar-refractivity contribution in [2.75, 3.05) is 13.7 Å². The van der Waals surface area contributed by atoms with Gasteiger partial charge in [-0.3, -0.25) is 4.79 Å². The van der Waals surface area contributed by atoms with Gasteiger partial charge in [-0.1, -0.05) is 53.5 Å². The van der Waals surface area contributed by atoms with Gasteiger partial charge >= 0.3 is 0 Å². The molecule has 0 aliphatic rings. The van der Waals surface area contributed by atoms with E-state index < -0.39 is 0 Å². The molecule has 1 amide bonds. The molecule has 0 radical (unpaired) electrons. The maximum atomic E-state index is 12.0. The van der Waals surface area contributed by atoms with Gasteiger partial charge in [0, 0.05) is 17.0 Å². The van der Waals surface area contributed by atoms with E-state index in [2.05, 4.69) is 10.5 Å². The van der Waals surface area contributed by atoms with E-state index in [1.54, 1.807) is 31.5 Å². The summed E-state index contributed by atoms with van der Waals surface area (Å²) >= 11 is 11.9. The minimum absolute atomic E-state index is 0.203. The number of fused-ring (bicyclic) bond motifs is 1. The Kier molecular flexibility index (Phi) is 7.33. The molecule has 0 heterocycles. The zero-order valence-electron chi connectivity index (χ0n) is 15.8. The summed E-state index contributed by atoms with van der Waals surface area (Å²) in [7, 11) is 1.60. The average molecular weight is 431 g/mol. The van der Waals surface area contributed by atoms with Gasteiger partial charge in [-0.2, -0.15) is 5.10 Å². The molecule has 7 heteroatoms. The fourth-order valence-electron chi connectivity index (χ4n) is 2.82. The monoisotopic (exact) mass is 430 g/mol. The van der Waals surface area contributed by atoms with Crippen LogP contribution in [-0.4, -0.2) is 25.8 Å². The lowest BCUT2D eigenvalue weighted by Crippen LogP contribution is -2.18. The van der Waals surface area contributed by atoms with Crippen molar-refractivity contribution in [2.24, 2.45) is 5.10 Å². The van der Waals surface area contributed by atoms with Gasteiger partial charge in [0.05, 0.1) is 25.0 Å². The smallest absolute Gasteiger partial charge is 0.240 e. The molecule has 3 rings (SSSR count). The molecule has 0 aliphatic heterocycles. The number of nitrogens with one attached hydrogen (secondary N) is 1. The molecule has 0 unspecified atom stereocenters. The number of ether oxygens (including phenoxy) is 2. The Balaban J connectivity index is 1.52. The number of hydrogen-bond donors (Lipinski definition) is 1. The molecule has 3 aromatic carbocycles. The number of hydrazone groups is 1. The SMILES string of the molecule is COc1ccc2ccccc2c1C=NNC(=O)CCCOc1ccc(Cl)cc1Cl. The summed E-state index contributed by atoms with van der Waals surface area (Å²) in [5.74, 6) is 1.03. The summed E-state index contributed by atoms with van der Waals surface area (Å²) in [5.41, 5.74) is 3.35. The highest BCUT2D eigenvalue weighted by atomic mass is 35.5. The third kappa shape index (κ3) is 5.62. The average Bonchev–Trinajstić information content (AvgIpc) is 2.72. The molecule has 5 nitrogen and oxygen atoms in total.